The van der Waals surface area contributed by atoms with Crippen molar-refractivity contribution in [3.63, 3.8) is 0 Å². The maximum absolute atomic E-state index is 5.35. The van der Waals surface area contributed by atoms with Gasteiger partial charge in [0.25, 0.3) is 0 Å². The first-order valence-corrected chi connectivity index (χ1v) is 6.00. The van der Waals surface area contributed by atoms with Gasteiger partial charge in [-0.25, -0.2) is 4.98 Å². The van der Waals surface area contributed by atoms with Crippen molar-refractivity contribution < 1.29 is 9.47 Å². The molecule has 5 nitrogen and oxygen atoms in total. The van der Waals surface area contributed by atoms with Crippen molar-refractivity contribution in [2.24, 2.45) is 0 Å². The van der Waals surface area contributed by atoms with E-state index in [1.54, 1.807) is 6.20 Å². The zero-order valence-electron chi connectivity index (χ0n) is 10.2. The highest BCUT2D eigenvalue weighted by molar-refractivity contribution is 5.45. The fourth-order valence-electron chi connectivity index (χ4n) is 1.96. The summed E-state index contributed by atoms with van der Waals surface area (Å²) in [6.07, 6.45) is 3.76. The standard InChI is InChI=1S/C13H15N3O2/c1-2-16-6-5-14-13(16)15-8-10-3-4-11-12(7-10)18-9-17-11/h3-7H,2,8-9H2,1H3,(H,14,15). The number of ether oxygens (including phenoxy) is 2. The second-order valence-electron chi connectivity index (χ2n) is 4.08. The number of rotatable bonds is 4. The molecule has 0 atom stereocenters. The zero-order valence-corrected chi connectivity index (χ0v) is 10.2. The number of anilines is 1. The van der Waals surface area contributed by atoms with Gasteiger partial charge in [0.2, 0.25) is 12.7 Å². The van der Waals surface area contributed by atoms with Gasteiger partial charge in [0.05, 0.1) is 0 Å². The van der Waals surface area contributed by atoms with Crippen LogP contribution in [0.25, 0.3) is 0 Å². The molecule has 3 rings (SSSR count). The van der Waals surface area contributed by atoms with Crippen LogP contribution in [-0.4, -0.2) is 16.3 Å². The molecule has 1 aliphatic heterocycles. The Morgan fingerprint density at radius 3 is 3.11 bits per heavy atom. The molecule has 2 aromatic rings. The molecule has 0 radical (unpaired) electrons. The van der Waals surface area contributed by atoms with Gasteiger partial charge < -0.3 is 19.4 Å². The van der Waals surface area contributed by atoms with Crippen LogP contribution in [0, 0.1) is 0 Å². The molecular weight excluding hydrogens is 230 g/mol. The number of aryl methyl sites for hydroxylation is 1. The summed E-state index contributed by atoms with van der Waals surface area (Å²) < 4.78 is 12.7. The quantitative estimate of drug-likeness (QED) is 0.897. The second-order valence-corrected chi connectivity index (χ2v) is 4.08. The summed E-state index contributed by atoms with van der Waals surface area (Å²) in [7, 11) is 0. The van der Waals surface area contributed by atoms with Crippen LogP contribution >= 0.6 is 0 Å². The van der Waals surface area contributed by atoms with Crippen LogP contribution in [0.5, 0.6) is 11.5 Å². The van der Waals surface area contributed by atoms with Gasteiger partial charge in [-0.1, -0.05) is 6.07 Å². The summed E-state index contributed by atoms with van der Waals surface area (Å²) in [6, 6.07) is 5.96. The molecule has 0 fully saturated rings. The highest BCUT2D eigenvalue weighted by atomic mass is 16.7. The van der Waals surface area contributed by atoms with Crippen molar-refractivity contribution in [3.8, 4) is 11.5 Å². The van der Waals surface area contributed by atoms with E-state index >= 15 is 0 Å². The van der Waals surface area contributed by atoms with Gasteiger partial charge in [0.1, 0.15) is 0 Å². The largest absolute Gasteiger partial charge is 0.454 e. The monoisotopic (exact) mass is 245 g/mol. The molecule has 1 aliphatic rings. The van der Waals surface area contributed by atoms with Crippen molar-refractivity contribution in [3.05, 3.63) is 36.2 Å². The maximum Gasteiger partial charge on any atom is 0.231 e. The van der Waals surface area contributed by atoms with Crippen molar-refractivity contribution in [1.82, 2.24) is 9.55 Å². The van der Waals surface area contributed by atoms with Gasteiger partial charge in [0.15, 0.2) is 11.5 Å². The summed E-state index contributed by atoms with van der Waals surface area (Å²) >= 11 is 0. The Morgan fingerprint density at radius 2 is 2.22 bits per heavy atom. The number of fused-ring (bicyclic) bond motifs is 1. The van der Waals surface area contributed by atoms with Gasteiger partial charge in [-0.15, -0.1) is 0 Å². The molecule has 5 heteroatoms. The minimum Gasteiger partial charge on any atom is -0.454 e. The van der Waals surface area contributed by atoms with Gasteiger partial charge >= 0.3 is 0 Å². The fourth-order valence-corrected chi connectivity index (χ4v) is 1.96. The molecule has 0 aliphatic carbocycles. The van der Waals surface area contributed by atoms with E-state index in [0.29, 0.717) is 13.3 Å². The number of nitrogens with zero attached hydrogens (tertiary/aromatic N) is 2. The van der Waals surface area contributed by atoms with E-state index in [9.17, 15) is 0 Å². The Labute approximate surface area is 105 Å². The van der Waals surface area contributed by atoms with Crippen molar-refractivity contribution >= 4 is 5.95 Å². The maximum atomic E-state index is 5.35. The molecule has 0 bridgehead atoms. The predicted octanol–water partition coefficient (Wildman–Crippen LogP) is 2.24. The van der Waals surface area contributed by atoms with Crippen molar-refractivity contribution in [1.29, 1.82) is 0 Å². The first kappa shape index (κ1) is 11.0. The smallest absolute Gasteiger partial charge is 0.231 e. The zero-order chi connectivity index (χ0) is 12.4. The van der Waals surface area contributed by atoms with Crippen LogP contribution in [-0.2, 0) is 13.1 Å². The second kappa shape index (κ2) is 4.60. The lowest BCUT2D eigenvalue weighted by molar-refractivity contribution is 0.174. The molecule has 0 unspecified atom stereocenters. The number of nitrogens with one attached hydrogen (secondary N) is 1. The Morgan fingerprint density at radius 1 is 1.33 bits per heavy atom. The number of hydrogen-bond donors (Lipinski definition) is 1. The average molecular weight is 245 g/mol. The molecule has 0 spiro atoms. The minimum atomic E-state index is 0.312. The van der Waals surface area contributed by atoms with Crippen LogP contribution in [0.4, 0.5) is 5.95 Å². The summed E-state index contributed by atoms with van der Waals surface area (Å²) in [6.45, 7) is 4.02. The van der Waals surface area contributed by atoms with Gasteiger partial charge in [-0.3, -0.25) is 0 Å². The summed E-state index contributed by atoms with van der Waals surface area (Å²) in [4.78, 5) is 4.27. The first-order valence-electron chi connectivity index (χ1n) is 6.00. The topological polar surface area (TPSA) is 48.3 Å². The lowest BCUT2D eigenvalue weighted by Gasteiger charge is -2.08. The highest BCUT2D eigenvalue weighted by Gasteiger charge is 2.13. The van der Waals surface area contributed by atoms with Crippen molar-refractivity contribution in [2.45, 2.75) is 20.0 Å². The molecule has 1 aromatic heterocycles. The average Bonchev–Trinajstić information content (AvgIpc) is 3.04. The van der Waals surface area contributed by atoms with E-state index in [4.69, 9.17) is 9.47 Å². The van der Waals surface area contributed by atoms with E-state index in [1.165, 1.54) is 0 Å². The Balaban J connectivity index is 1.70. The third kappa shape index (κ3) is 1.99. The lowest BCUT2D eigenvalue weighted by atomic mass is 10.2. The van der Waals surface area contributed by atoms with Gasteiger partial charge in [-0.2, -0.15) is 0 Å². The number of hydrogen-bond acceptors (Lipinski definition) is 4. The third-order valence-electron chi connectivity index (χ3n) is 2.94. The molecule has 0 saturated heterocycles. The number of benzene rings is 1. The molecule has 0 saturated carbocycles. The van der Waals surface area contributed by atoms with E-state index < -0.39 is 0 Å². The summed E-state index contributed by atoms with van der Waals surface area (Å²) in [5, 5.41) is 3.31. The van der Waals surface area contributed by atoms with E-state index in [-0.39, 0.29) is 0 Å². The number of aromatic nitrogens is 2. The lowest BCUT2D eigenvalue weighted by Crippen LogP contribution is -2.06. The van der Waals surface area contributed by atoms with Crippen LogP contribution < -0.4 is 14.8 Å². The third-order valence-corrected chi connectivity index (χ3v) is 2.94. The molecule has 0 amide bonds. The van der Waals surface area contributed by atoms with Gasteiger partial charge in [-0.05, 0) is 24.6 Å². The van der Waals surface area contributed by atoms with E-state index in [2.05, 4.69) is 21.8 Å². The summed E-state index contributed by atoms with van der Waals surface area (Å²) in [5.41, 5.74) is 1.14. The van der Waals surface area contributed by atoms with Crippen molar-refractivity contribution in [2.75, 3.05) is 12.1 Å². The normalized spacial score (nSPS) is 12.7. The van der Waals surface area contributed by atoms with E-state index in [0.717, 1.165) is 29.6 Å². The summed E-state index contributed by atoms with van der Waals surface area (Å²) in [5.74, 6) is 2.51. The molecule has 1 aromatic carbocycles. The molecule has 1 N–H and O–H groups in total. The molecular formula is C13H15N3O2. The van der Waals surface area contributed by atoms with Crippen LogP contribution in [0.15, 0.2) is 30.6 Å². The first-order chi connectivity index (χ1) is 8.86. The Kier molecular flexibility index (Phi) is 2.80. The Hall–Kier alpha value is -2.17. The SMILES string of the molecule is CCn1ccnc1NCc1ccc2c(c1)OCO2. The highest BCUT2D eigenvalue weighted by Crippen LogP contribution is 2.32. The molecule has 94 valence electrons. The van der Waals surface area contributed by atoms with Crippen LogP contribution in [0.3, 0.4) is 0 Å². The molecule has 2 heterocycles. The fraction of sp³-hybridized carbons (Fsp3) is 0.308. The van der Waals surface area contributed by atoms with Crippen LogP contribution in [0.1, 0.15) is 12.5 Å². The van der Waals surface area contributed by atoms with E-state index in [1.807, 2.05) is 24.4 Å². The minimum absolute atomic E-state index is 0.312. The predicted molar refractivity (Wildman–Crippen MR) is 67.8 cm³/mol. The van der Waals surface area contributed by atoms with Crippen LogP contribution in [0.2, 0.25) is 0 Å². The molecule has 18 heavy (non-hydrogen) atoms. The number of imidazole rings is 1. The van der Waals surface area contributed by atoms with Gasteiger partial charge in [0, 0.05) is 25.5 Å². The Bertz CT molecular complexity index is 551.